The van der Waals surface area contributed by atoms with Crippen LogP contribution in [-0.4, -0.2) is 53.4 Å². The lowest BCUT2D eigenvalue weighted by Gasteiger charge is -2.45. The molecule has 1 amide bonds. The number of ether oxygens (including phenoxy) is 1. The lowest BCUT2D eigenvalue weighted by Crippen LogP contribution is -2.48. The monoisotopic (exact) mass is 706 g/mol. The Labute approximate surface area is 298 Å². The highest BCUT2D eigenvalue weighted by molar-refractivity contribution is 6.74. The number of rotatable bonds is 17. The summed E-state index contributed by atoms with van der Waals surface area (Å²) in [6.45, 7) is 34.3. The van der Waals surface area contributed by atoms with Crippen molar-refractivity contribution in [2.24, 2.45) is 29.6 Å². The van der Waals surface area contributed by atoms with Gasteiger partial charge < -0.3 is 18.9 Å². The van der Waals surface area contributed by atoms with Crippen molar-refractivity contribution in [2.45, 2.75) is 182 Å². The number of hydrogen-bond donors (Lipinski definition) is 1. The third-order valence-electron chi connectivity index (χ3n) is 12.0. The Morgan fingerprint density at radius 1 is 0.958 bits per heavy atom. The van der Waals surface area contributed by atoms with Crippen molar-refractivity contribution in [2.75, 3.05) is 6.54 Å². The molecule has 0 aromatic rings. The number of unbranched alkanes of at least 4 members (excludes halogenated alkanes) is 1. The second kappa shape index (κ2) is 17.8. The summed E-state index contributed by atoms with van der Waals surface area (Å²) in [5, 5.41) is 3.24. The molecule has 0 heterocycles. The number of carbonyl (C=O) groups is 2. The predicted molar refractivity (Wildman–Crippen MR) is 207 cm³/mol. The summed E-state index contributed by atoms with van der Waals surface area (Å²) in [4.78, 5) is 26.3. The molecule has 0 aromatic carbocycles. The summed E-state index contributed by atoms with van der Waals surface area (Å²) < 4.78 is 20.6. The first-order valence-corrected chi connectivity index (χ1v) is 25.1. The Morgan fingerprint density at radius 3 is 2.08 bits per heavy atom. The molecule has 2 aliphatic rings. The van der Waals surface area contributed by atoms with Gasteiger partial charge in [0.25, 0.3) is 0 Å². The van der Waals surface area contributed by atoms with Gasteiger partial charge in [-0.2, -0.15) is 0 Å². The van der Waals surface area contributed by atoms with Crippen LogP contribution in [0.4, 0.5) is 0 Å². The fourth-order valence-electron chi connectivity index (χ4n) is 6.59. The molecule has 0 aromatic heterocycles. The minimum absolute atomic E-state index is 0.0294. The van der Waals surface area contributed by atoms with Gasteiger partial charge in [-0.25, -0.2) is 0 Å². The number of amides is 1. The van der Waals surface area contributed by atoms with Crippen molar-refractivity contribution in [1.82, 2.24) is 5.32 Å². The molecule has 0 saturated heterocycles. The van der Waals surface area contributed by atoms with Crippen LogP contribution in [0.15, 0.2) is 23.8 Å². The zero-order valence-corrected chi connectivity index (χ0v) is 35.8. The van der Waals surface area contributed by atoms with E-state index in [2.05, 4.69) is 119 Å². The van der Waals surface area contributed by atoms with Gasteiger partial charge in [-0.1, -0.05) is 101 Å². The van der Waals surface area contributed by atoms with E-state index in [0.717, 1.165) is 38.5 Å². The lowest BCUT2D eigenvalue weighted by molar-refractivity contribution is -0.158. The van der Waals surface area contributed by atoms with Crippen LogP contribution in [0.2, 0.25) is 36.3 Å². The maximum absolute atomic E-state index is 13.3. The third-order valence-corrected chi connectivity index (χ3v) is 21.1. The molecule has 48 heavy (non-hydrogen) atoms. The Hall–Kier alpha value is -1.23. The van der Waals surface area contributed by atoms with E-state index >= 15 is 0 Å². The lowest BCUT2D eigenvalue weighted by atomic mass is 9.65. The third kappa shape index (κ3) is 12.2. The van der Waals surface area contributed by atoms with Crippen LogP contribution in [0.25, 0.3) is 0 Å². The number of esters is 1. The molecule has 0 radical (unpaired) electrons. The maximum atomic E-state index is 13.3. The van der Waals surface area contributed by atoms with Gasteiger partial charge in [-0.05, 0) is 98.1 Å². The summed E-state index contributed by atoms with van der Waals surface area (Å²) in [7, 11) is -4.29. The number of fused-ring (bicyclic) bond motifs is 1. The van der Waals surface area contributed by atoms with Crippen LogP contribution in [0.5, 0.6) is 0 Å². The largest absolute Gasteiger partial charge is 0.461 e. The van der Waals surface area contributed by atoms with Gasteiger partial charge in [0, 0.05) is 18.6 Å². The van der Waals surface area contributed by atoms with Crippen molar-refractivity contribution in [3.63, 3.8) is 0 Å². The molecule has 0 saturated carbocycles. The quantitative estimate of drug-likeness (QED) is 0.0926. The second-order valence-electron chi connectivity index (χ2n) is 18.3. The van der Waals surface area contributed by atoms with Crippen LogP contribution in [-0.2, 0) is 23.2 Å². The van der Waals surface area contributed by atoms with Gasteiger partial charge in [0.15, 0.2) is 16.6 Å². The number of nitrogens with one attached hydrogen (secondary N) is 1. The fraction of sp³-hybridized carbons (Fsp3) is 0.850. The molecule has 278 valence electrons. The zero-order valence-electron chi connectivity index (χ0n) is 33.8. The Bertz CT molecular complexity index is 1100. The molecule has 0 unspecified atom stereocenters. The molecule has 2 aliphatic carbocycles. The molecular formula is C40H75NO5Si2. The van der Waals surface area contributed by atoms with Crippen LogP contribution < -0.4 is 5.32 Å². The Kier molecular flexibility index (Phi) is 15.9. The topological polar surface area (TPSA) is 73.9 Å². The highest BCUT2D eigenvalue weighted by Gasteiger charge is 2.45. The first-order valence-electron chi connectivity index (χ1n) is 19.3. The molecule has 2 rings (SSSR count). The SMILES string of the molecule is CCCCNC(=O)C[C@@H](C[C@H](CC[C@@H]1[C@@H]2C(=C[C@H](C)C[C@@H]2OC(=O)[C@@H](C)CC)C=C[C@@H]1C)O[Si](C)(C)C(C)(C)C)O[Si](C)(C)C(C)(C)C. The predicted octanol–water partition coefficient (Wildman–Crippen LogP) is 10.6. The van der Waals surface area contributed by atoms with Crippen molar-refractivity contribution in [3.8, 4) is 0 Å². The Morgan fingerprint density at radius 2 is 1.54 bits per heavy atom. The second-order valence-corrected chi connectivity index (χ2v) is 27.8. The van der Waals surface area contributed by atoms with E-state index in [-0.39, 0.29) is 52.1 Å². The van der Waals surface area contributed by atoms with Crippen LogP contribution in [0.1, 0.15) is 128 Å². The van der Waals surface area contributed by atoms with Crippen LogP contribution in [0, 0.1) is 29.6 Å². The minimum atomic E-state index is -2.16. The van der Waals surface area contributed by atoms with Crippen molar-refractivity contribution in [3.05, 3.63) is 23.8 Å². The number of allylic oxidation sites excluding steroid dienone is 3. The summed E-state index contributed by atoms with van der Waals surface area (Å²) >= 11 is 0. The van der Waals surface area contributed by atoms with Crippen molar-refractivity contribution >= 4 is 28.5 Å². The van der Waals surface area contributed by atoms with E-state index < -0.39 is 16.6 Å². The van der Waals surface area contributed by atoms with Gasteiger partial charge in [0.2, 0.25) is 5.91 Å². The standard InChI is InChI=1S/C40H75NO5Si2/c1-16-18-23-41-36(42)27-33(46-48(14,15)40(9,10)11)26-32(45-47(12,13)39(6,7)8)21-22-34-30(5)19-20-31-24-28(3)25-35(37(31)34)44-38(43)29(4)17-2/h19-20,24,28-30,32-35,37H,16-18,21-23,25-27H2,1-15H3,(H,41,42)/t28-,29-,30-,32-,33+,34-,35-,37-/m0/s1. The molecule has 8 heteroatoms. The smallest absolute Gasteiger partial charge is 0.308 e. The average Bonchev–Trinajstić information content (AvgIpc) is 2.94. The van der Waals surface area contributed by atoms with Gasteiger partial charge in [0.1, 0.15) is 6.10 Å². The zero-order chi connectivity index (χ0) is 36.7. The molecular weight excluding hydrogens is 631 g/mol. The van der Waals surface area contributed by atoms with E-state index in [1.807, 2.05) is 6.92 Å². The highest BCUT2D eigenvalue weighted by atomic mass is 28.4. The summed E-state index contributed by atoms with van der Waals surface area (Å²) in [5.41, 5.74) is 1.32. The van der Waals surface area contributed by atoms with E-state index in [9.17, 15) is 9.59 Å². The first-order chi connectivity index (χ1) is 22.0. The fourth-order valence-corrected chi connectivity index (χ4v) is 9.36. The number of carbonyl (C=O) groups excluding carboxylic acids is 2. The van der Waals surface area contributed by atoms with Crippen molar-refractivity contribution in [1.29, 1.82) is 0 Å². The molecule has 0 fully saturated rings. The van der Waals surface area contributed by atoms with E-state index in [1.165, 1.54) is 5.57 Å². The average molecular weight is 706 g/mol. The molecule has 6 nitrogen and oxygen atoms in total. The summed E-state index contributed by atoms with van der Waals surface area (Å²) in [5.74, 6) is 1.17. The molecule has 0 spiro atoms. The van der Waals surface area contributed by atoms with Crippen LogP contribution >= 0.6 is 0 Å². The van der Waals surface area contributed by atoms with Gasteiger partial charge in [-0.15, -0.1) is 0 Å². The van der Waals surface area contributed by atoms with E-state index in [0.29, 0.717) is 37.1 Å². The van der Waals surface area contributed by atoms with E-state index in [4.69, 9.17) is 13.6 Å². The minimum Gasteiger partial charge on any atom is -0.461 e. The van der Waals surface area contributed by atoms with Crippen LogP contribution in [0.3, 0.4) is 0 Å². The molecule has 0 bridgehead atoms. The summed E-state index contributed by atoms with van der Waals surface area (Å²) in [6.07, 6.45) is 13.3. The summed E-state index contributed by atoms with van der Waals surface area (Å²) in [6, 6.07) is 0. The molecule has 8 atom stereocenters. The van der Waals surface area contributed by atoms with Gasteiger partial charge >= 0.3 is 5.97 Å². The highest BCUT2D eigenvalue weighted by Crippen LogP contribution is 2.46. The van der Waals surface area contributed by atoms with Gasteiger partial charge in [-0.3, -0.25) is 9.59 Å². The molecule has 0 aliphatic heterocycles. The van der Waals surface area contributed by atoms with E-state index in [1.54, 1.807) is 0 Å². The maximum Gasteiger partial charge on any atom is 0.308 e. The normalized spacial score (nSPS) is 25.5. The van der Waals surface area contributed by atoms with Crippen molar-refractivity contribution < 1.29 is 23.2 Å². The number of hydrogen-bond acceptors (Lipinski definition) is 5. The first kappa shape index (κ1) is 42.9. The van der Waals surface area contributed by atoms with Gasteiger partial charge in [0.05, 0.1) is 18.4 Å². The Balaban J connectivity index is 2.44. The molecule has 1 N–H and O–H groups in total.